The first-order valence-corrected chi connectivity index (χ1v) is 5.54. The Bertz CT molecular complexity index is 659. The fraction of sp³-hybridized carbons (Fsp3) is 0.125. The Labute approximate surface area is 100 Å². The second-order valence-corrected chi connectivity index (χ2v) is 4.58. The summed E-state index contributed by atoms with van der Waals surface area (Å²) >= 11 is 6.51. The lowest BCUT2D eigenvalue weighted by molar-refractivity contribution is 0.828. The number of hydrogen-bond acceptors (Lipinski definition) is 3. The molecule has 2 aromatic rings. The van der Waals surface area contributed by atoms with Crippen molar-refractivity contribution in [2.24, 2.45) is 7.05 Å². The van der Waals surface area contributed by atoms with Crippen LogP contribution in [-0.4, -0.2) is 14.5 Å². The van der Waals surface area contributed by atoms with Crippen molar-refractivity contribution in [2.75, 3.05) is 0 Å². The maximum atomic E-state index is 11.6. The molecule has 2 heterocycles. The summed E-state index contributed by atoms with van der Waals surface area (Å²) < 4.78 is 2.54. The minimum Gasteiger partial charge on any atom is -0.281 e. The molecule has 0 aliphatic carbocycles. The van der Waals surface area contributed by atoms with Crippen molar-refractivity contribution < 1.29 is 0 Å². The van der Waals surface area contributed by atoms with Crippen molar-refractivity contribution >= 4 is 42.9 Å². The van der Waals surface area contributed by atoms with Crippen molar-refractivity contribution in [3.05, 3.63) is 36.0 Å². The summed E-state index contributed by atoms with van der Waals surface area (Å²) in [6.07, 6.45) is 1.53. The van der Waals surface area contributed by atoms with Gasteiger partial charge in [0.05, 0.1) is 9.86 Å². The fourth-order valence-electron chi connectivity index (χ4n) is 1.25. The van der Waals surface area contributed by atoms with Crippen molar-refractivity contribution in [3.8, 4) is 0 Å². The molecule has 0 radical (unpaired) electrons. The second-order valence-electron chi connectivity index (χ2n) is 2.94. The molecule has 0 amide bonds. The fourth-order valence-corrected chi connectivity index (χ4v) is 2.01. The van der Waals surface area contributed by atoms with Gasteiger partial charge in [-0.05, 0) is 31.9 Å². The number of aromatic nitrogens is 3. The number of H-pyrrole nitrogens is 1. The molecule has 5 nitrogen and oxygen atoms in total. The van der Waals surface area contributed by atoms with Gasteiger partial charge >= 0.3 is 5.69 Å². The summed E-state index contributed by atoms with van der Waals surface area (Å²) in [5.41, 5.74) is -0.582. The van der Waals surface area contributed by atoms with Crippen LogP contribution < -0.4 is 11.2 Å². The van der Waals surface area contributed by atoms with Gasteiger partial charge in [-0.3, -0.25) is 14.3 Å². The van der Waals surface area contributed by atoms with Gasteiger partial charge in [0, 0.05) is 17.7 Å². The predicted molar refractivity (Wildman–Crippen MR) is 63.0 cm³/mol. The predicted octanol–water partition coefficient (Wildman–Crippen LogP) is 1.15. The number of aryl methyl sites for hydroxylation is 1. The van der Waals surface area contributed by atoms with Crippen LogP contribution in [0.3, 0.4) is 0 Å². The van der Waals surface area contributed by atoms with Gasteiger partial charge in [0.2, 0.25) is 0 Å². The van der Waals surface area contributed by atoms with E-state index in [1.54, 1.807) is 7.05 Å². The lowest BCUT2D eigenvalue weighted by Gasteiger charge is -2.04. The molecular weight excluding hydrogens is 330 g/mol. The van der Waals surface area contributed by atoms with E-state index in [-0.39, 0.29) is 0 Å². The normalized spacial score (nSPS) is 10.9. The molecule has 0 fully saturated rings. The molecule has 0 saturated carbocycles. The van der Waals surface area contributed by atoms with E-state index >= 15 is 0 Å². The van der Waals surface area contributed by atoms with Crippen LogP contribution in [0.5, 0.6) is 0 Å². The Morgan fingerprint density at radius 2 is 2.07 bits per heavy atom. The van der Waals surface area contributed by atoms with Crippen molar-refractivity contribution in [3.63, 3.8) is 0 Å². The Balaban J connectivity index is 3.17. The number of rotatable bonds is 0. The quantitative estimate of drug-likeness (QED) is 0.785. The van der Waals surface area contributed by atoms with E-state index in [0.29, 0.717) is 20.0 Å². The van der Waals surface area contributed by atoms with Gasteiger partial charge in [-0.2, -0.15) is 0 Å². The van der Waals surface area contributed by atoms with E-state index in [4.69, 9.17) is 0 Å². The number of nitrogens with zero attached hydrogens (tertiary/aromatic N) is 2. The van der Waals surface area contributed by atoms with Crippen LogP contribution in [0.1, 0.15) is 0 Å². The average Bonchev–Trinajstić information content (AvgIpc) is 2.18. The number of fused-ring (bicyclic) bond motifs is 1. The lowest BCUT2D eigenvalue weighted by atomic mass is 10.3. The van der Waals surface area contributed by atoms with Gasteiger partial charge in [-0.15, -0.1) is 0 Å². The van der Waals surface area contributed by atoms with Gasteiger partial charge in [-0.25, -0.2) is 9.78 Å². The van der Waals surface area contributed by atoms with E-state index in [9.17, 15) is 9.59 Å². The average molecular weight is 335 g/mol. The molecule has 0 aliphatic heterocycles. The van der Waals surface area contributed by atoms with E-state index in [2.05, 4.69) is 41.8 Å². The Morgan fingerprint density at radius 1 is 1.40 bits per heavy atom. The topological polar surface area (TPSA) is 67.8 Å². The molecule has 0 aromatic carbocycles. The third-order valence-electron chi connectivity index (χ3n) is 2.02. The molecular formula is C8H5Br2N3O2. The molecule has 78 valence electrons. The van der Waals surface area contributed by atoms with E-state index in [0.717, 1.165) is 0 Å². The van der Waals surface area contributed by atoms with Gasteiger partial charge < -0.3 is 0 Å². The first-order valence-electron chi connectivity index (χ1n) is 3.95. The zero-order valence-corrected chi connectivity index (χ0v) is 10.7. The first kappa shape index (κ1) is 10.6. The molecule has 2 rings (SSSR count). The molecule has 0 spiro atoms. The summed E-state index contributed by atoms with van der Waals surface area (Å²) in [6.45, 7) is 0. The number of pyridine rings is 1. The van der Waals surface area contributed by atoms with Crippen molar-refractivity contribution in [2.45, 2.75) is 0 Å². The summed E-state index contributed by atoms with van der Waals surface area (Å²) in [4.78, 5) is 29.1. The standard InChI is InChI=1S/C8H5Br2N3O2/c1-13-6-4(7(14)12-8(13)15)5(10)3(9)2-11-6/h2H,1H3,(H,12,14,15). The van der Waals surface area contributed by atoms with Gasteiger partial charge in [-0.1, -0.05) is 0 Å². The molecule has 0 atom stereocenters. The van der Waals surface area contributed by atoms with Crippen LogP contribution >= 0.6 is 31.9 Å². The SMILES string of the molecule is Cn1c(=O)[nH]c(=O)c2c(Br)c(Br)cnc21. The van der Waals surface area contributed by atoms with Crippen LogP contribution in [0.2, 0.25) is 0 Å². The lowest BCUT2D eigenvalue weighted by Crippen LogP contribution is -2.29. The summed E-state index contributed by atoms with van der Waals surface area (Å²) in [7, 11) is 1.55. The molecule has 2 aromatic heterocycles. The molecule has 0 saturated heterocycles. The molecule has 15 heavy (non-hydrogen) atoms. The minimum atomic E-state index is -0.478. The number of hydrogen-bond donors (Lipinski definition) is 1. The molecule has 0 aliphatic rings. The number of halogens is 2. The van der Waals surface area contributed by atoms with Crippen molar-refractivity contribution in [1.29, 1.82) is 0 Å². The largest absolute Gasteiger partial charge is 0.329 e. The van der Waals surface area contributed by atoms with Crippen LogP contribution in [0.15, 0.2) is 24.7 Å². The maximum Gasteiger partial charge on any atom is 0.329 e. The van der Waals surface area contributed by atoms with E-state index < -0.39 is 11.2 Å². The third-order valence-corrected chi connectivity index (χ3v) is 3.98. The zero-order valence-electron chi connectivity index (χ0n) is 7.54. The van der Waals surface area contributed by atoms with Gasteiger partial charge in [0.25, 0.3) is 5.56 Å². The first-order chi connectivity index (χ1) is 7.02. The highest BCUT2D eigenvalue weighted by molar-refractivity contribution is 9.13. The Morgan fingerprint density at radius 3 is 2.73 bits per heavy atom. The zero-order chi connectivity index (χ0) is 11.2. The van der Waals surface area contributed by atoms with E-state index in [1.807, 2.05) is 0 Å². The van der Waals surface area contributed by atoms with Crippen LogP contribution in [0, 0.1) is 0 Å². The highest BCUT2D eigenvalue weighted by Gasteiger charge is 2.11. The molecule has 0 unspecified atom stereocenters. The smallest absolute Gasteiger partial charge is 0.281 e. The summed E-state index contributed by atoms with van der Waals surface area (Å²) in [5.74, 6) is 0. The highest BCUT2D eigenvalue weighted by atomic mass is 79.9. The number of aromatic amines is 1. The Kier molecular flexibility index (Phi) is 2.51. The summed E-state index contributed by atoms with van der Waals surface area (Å²) in [6, 6.07) is 0. The molecule has 7 heteroatoms. The third kappa shape index (κ3) is 1.55. The minimum absolute atomic E-state index is 0.346. The van der Waals surface area contributed by atoms with Crippen LogP contribution in [-0.2, 0) is 7.05 Å². The Hall–Kier alpha value is -0.950. The highest BCUT2D eigenvalue weighted by Crippen LogP contribution is 2.26. The van der Waals surface area contributed by atoms with Crippen LogP contribution in [0.4, 0.5) is 0 Å². The molecule has 0 bridgehead atoms. The van der Waals surface area contributed by atoms with Gasteiger partial charge in [0.1, 0.15) is 5.65 Å². The van der Waals surface area contributed by atoms with Crippen LogP contribution in [0.25, 0.3) is 11.0 Å². The van der Waals surface area contributed by atoms with Gasteiger partial charge in [0.15, 0.2) is 0 Å². The van der Waals surface area contributed by atoms with E-state index in [1.165, 1.54) is 10.8 Å². The number of nitrogens with one attached hydrogen (secondary N) is 1. The van der Waals surface area contributed by atoms with Crippen molar-refractivity contribution in [1.82, 2.24) is 14.5 Å². The maximum absolute atomic E-state index is 11.6. The molecule has 1 N–H and O–H groups in total. The second kappa shape index (κ2) is 3.57. The summed E-state index contributed by atoms with van der Waals surface area (Å²) in [5, 5.41) is 0.353. The monoisotopic (exact) mass is 333 g/mol.